The van der Waals surface area contributed by atoms with E-state index in [0.29, 0.717) is 0 Å². The molecule has 17 heavy (non-hydrogen) atoms. The molecule has 0 spiro atoms. The van der Waals surface area contributed by atoms with E-state index in [-0.39, 0.29) is 13.5 Å². The van der Waals surface area contributed by atoms with E-state index in [1.54, 1.807) is 0 Å². The molecule has 0 unspecified atom stereocenters. The van der Waals surface area contributed by atoms with Crippen molar-refractivity contribution in [2.75, 3.05) is 0 Å². The van der Waals surface area contributed by atoms with Crippen LogP contribution >= 0.6 is 13.5 Å². The first kappa shape index (κ1) is 13.3. The first-order valence-corrected chi connectivity index (χ1v) is 5.40. The largest absolute Gasteiger partial charge is 0.197 e. The highest BCUT2D eigenvalue weighted by Crippen LogP contribution is 2.11. The van der Waals surface area contributed by atoms with E-state index in [9.17, 15) is 0 Å². The monoisotopic (exact) mass is 240 g/mol. The first-order chi connectivity index (χ1) is 7.97. The van der Waals surface area contributed by atoms with Crippen LogP contribution in [-0.4, -0.2) is 0 Å². The molecule has 1 heteroatoms. The lowest BCUT2D eigenvalue weighted by Crippen LogP contribution is -1.67. The summed E-state index contributed by atoms with van der Waals surface area (Å²) in [5.74, 6) is 0. The third-order valence-corrected chi connectivity index (χ3v) is 2.33. The summed E-state index contributed by atoms with van der Waals surface area (Å²) in [6.45, 7) is 0. The van der Waals surface area contributed by atoms with Crippen LogP contribution in [0.2, 0.25) is 0 Å². The molecule has 0 radical (unpaired) electrons. The zero-order valence-corrected chi connectivity index (χ0v) is 10.6. The fraction of sp³-hybridized carbons (Fsp3) is 0. The molecule has 0 nitrogen and oxygen atoms in total. The van der Waals surface area contributed by atoms with E-state index in [1.807, 2.05) is 36.4 Å². The van der Waals surface area contributed by atoms with Gasteiger partial charge < -0.3 is 0 Å². The molecule has 0 bridgehead atoms. The average Bonchev–Trinajstić information content (AvgIpc) is 2.42. The second-order valence-corrected chi connectivity index (χ2v) is 3.50. The van der Waals surface area contributed by atoms with Crippen LogP contribution in [-0.2, 0) is 0 Å². The van der Waals surface area contributed by atoms with Gasteiger partial charge in [-0.2, -0.15) is 13.5 Å². The summed E-state index contributed by atoms with van der Waals surface area (Å²) < 4.78 is 0. The Bertz CT molecular complexity index is 440. The second-order valence-electron chi connectivity index (χ2n) is 3.50. The fourth-order valence-corrected chi connectivity index (χ4v) is 1.52. The standard InChI is InChI=1S/C10H8.C6H6.H2S/c1-2-6-10-8-4-3-7-9(10)5-1;1-2-4-6-5-3-1;/h1-8H;1-6H;1H2. The van der Waals surface area contributed by atoms with Gasteiger partial charge in [-0.3, -0.25) is 0 Å². The molecule has 0 aromatic heterocycles. The molecule has 3 aromatic carbocycles. The summed E-state index contributed by atoms with van der Waals surface area (Å²) in [6.07, 6.45) is 0. The minimum atomic E-state index is 0. The minimum Gasteiger partial charge on any atom is -0.197 e. The van der Waals surface area contributed by atoms with Gasteiger partial charge in [-0.1, -0.05) is 84.9 Å². The number of hydrogen-bond donors (Lipinski definition) is 0. The molecule has 0 N–H and O–H groups in total. The molecule has 0 aliphatic carbocycles. The highest BCUT2D eigenvalue weighted by atomic mass is 32.1. The van der Waals surface area contributed by atoms with E-state index in [0.717, 1.165) is 0 Å². The lowest BCUT2D eigenvalue weighted by atomic mass is 10.1. The van der Waals surface area contributed by atoms with Gasteiger partial charge in [0.05, 0.1) is 0 Å². The van der Waals surface area contributed by atoms with E-state index in [4.69, 9.17) is 0 Å². The zero-order chi connectivity index (χ0) is 11.1. The van der Waals surface area contributed by atoms with Gasteiger partial charge in [-0.25, -0.2) is 0 Å². The Morgan fingerprint density at radius 2 is 0.588 bits per heavy atom. The van der Waals surface area contributed by atoms with Gasteiger partial charge in [-0.05, 0) is 10.8 Å². The van der Waals surface area contributed by atoms with Crippen molar-refractivity contribution in [3.05, 3.63) is 84.9 Å². The summed E-state index contributed by atoms with van der Waals surface area (Å²) in [4.78, 5) is 0. The predicted octanol–water partition coefficient (Wildman–Crippen LogP) is 4.64. The molecule has 86 valence electrons. The molecule has 0 saturated heterocycles. The number of rotatable bonds is 0. The lowest BCUT2D eigenvalue weighted by molar-refractivity contribution is 1.72. The number of fused-ring (bicyclic) bond motifs is 1. The molecular weight excluding hydrogens is 224 g/mol. The Kier molecular flexibility index (Phi) is 5.91. The Morgan fingerprint density at radius 3 is 0.824 bits per heavy atom. The van der Waals surface area contributed by atoms with Crippen LogP contribution in [0.25, 0.3) is 10.8 Å². The molecule has 0 aliphatic heterocycles. The van der Waals surface area contributed by atoms with Crippen LogP contribution in [0.5, 0.6) is 0 Å². The highest BCUT2D eigenvalue weighted by Gasteiger charge is 1.85. The molecule has 0 aliphatic rings. The Hall–Kier alpha value is -1.73. The normalized spacial score (nSPS) is 8.71. The molecule has 3 rings (SSSR count). The second kappa shape index (κ2) is 7.53. The highest BCUT2D eigenvalue weighted by molar-refractivity contribution is 7.59. The van der Waals surface area contributed by atoms with Gasteiger partial charge >= 0.3 is 0 Å². The van der Waals surface area contributed by atoms with Crippen LogP contribution < -0.4 is 0 Å². The summed E-state index contributed by atoms with van der Waals surface area (Å²) in [5, 5.41) is 2.62. The summed E-state index contributed by atoms with van der Waals surface area (Å²) in [6, 6.07) is 28.7. The van der Waals surface area contributed by atoms with Gasteiger partial charge in [0.2, 0.25) is 0 Å². The maximum absolute atomic E-state index is 2.12. The van der Waals surface area contributed by atoms with Crippen molar-refractivity contribution in [1.29, 1.82) is 0 Å². The molecule has 3 aromatic rings. The van der Waals surface area contributed by atoms with E-state index in [2.05, 4.69) is 48.5 Å². The first-order valence-electron chi connectivity index (χ1n) is 5.40. The molecule has 0 fully saturated rings. The molecule has 0 atom stereocenters. The molecule has 0 saturated carbocycles. The Labute approximate surface area is 109 Å². The summed E-state index contributed by atoms with van der Waals surface area (Å²) in [7, 11) is 0. The smallest absolute Gasteiger partial charge is 0.0184 e. The third kappa shape index (κ3) is 4.33. The van der Waals surface area contributed by atoms with Crippen LogP contribution in [0.4, 0.5) is 0 Å². The fourth-order valence-electron chi connectivity index (χ4n) is 1.52. The van der Waals surface area contributed by atoms with Crippen LogP contribution in [0.15, 0.2) is 84.9 Å². The lowest BCUT2D eigenvalue weighted by Gasteiger charge is -1.92. The van der Waals surface area contributed by atoms with Crippen molar-refractivity contribution in [1.82, 2.24) is 0 Å². The van der Waals surface area contributed by atoms with Crippen LogP contribution in [0.1, 0.15) is 0 Å². The Balaban J connectivity index is 0.000000180. The van der Waals surface area contributed by atoms with Gasteiger partial charge in [0.15, 0.2) is 0 Å². The summed E-state index contributed by atoms with van der Waals surface area (Å²) in [5.41, 5.74) is 0. The maximum Gasteiger partial charge on any atom is -0.0184 e. The quantitative estimate of drug-likeness (QED) is 0.537. The van der Waals surface area contributed by atoms with Crippen LogP contribution in [0, 0.1) is 0 Å². The zero-order valence-electron chi connectivity index (χ0n) is 9.58. The third-order valence-electron chi connectivity index (χ3n) is 2.33. The summed E-state index contributed by atoms with van der Waals surface area (Å²) >= 11 is 0. The predicted molar refractivity (Wildman–Crippen MR) is 80.8 cm³/mol. The van der Waals surface area contributed by atoms with Gasteiger partial charge in [0.1, 0.15) is 0 Å². The SMILES string of the molecule is S.c1ccc2ccccc2c1.c1ccccc1. The average molecular weight is 240 g/mol. The maximum atomic E-state index is 2.12. The van der Waals surface area contributed by atoms with E-state index < -0.39 is 0 Å². The van der Waals surface area contributed by atoms with Crippen molar-refractivity contribution < 1.29 is 0 Å². The van der Waals surface area contributed by atoms with E-state index in [1.165, 1.54) is 10.8 Å². The number of benzene rings is 3. The topological polar surface area (TPSA) is 0 Å². The molecule has 0 amide bonds. The molecule has 0 heterocycles. The van der Waals surface area contributed by atoms with Crippen molar-refractivity contribution in [2.24, 2.45) is 0 Å². The van der Waals surface area contributed by atoms with Gasteiger partial charge in [-0.15, -0.1) is 0 Å². The number of hydrogen-bond acceptors (Lipinski definition) is 0. The van der Waals surface area contributed by atoms with E-state index >= 15 is 0 Å². The van der Waals surface area contributed by atoms with Crippen molar-refractivity contribution in [2.45, 2.75) is 0 Å². The van der Waals surface area contributed by atoms with Crippen molar-refractivity contribution in [3.63, 3.8) is 0 Å². The van der Waals surface area contributed by atoms with Gasteiger partial charge in [0, 0.05) is 0 Å². The minimum absolute atomic E-state index is 0. The van der Waals surface area contributed by atoms with Crippen LogP contribution in [0.3, 0.4) is 0 Å². The Morgan fingerprint density at radius 1 is 0.353 bits per heavy atom. The van der Waals surface area contributed by atoms with Gasteiger partial charge in [0.25, 0.3) is 0 Å². The van der Waals surface area contributed by atoms with Crippen molar-refractivity contribution >= 4 is 24.3 Å². The molecular formula is C16H16S. The van der Waals surface area contributed by atoms with Crippen molar-refractivity contribution in [3.8, 4) is 0 Å².